The molecule has 21 heavy (non-hydrogen) atoms. The molecule has 1 atom stereocenters. The number of ether oxygens (including phenoxy) is 1. The third-order valence-corrected chi connectivity index (χ3v) is 4.42. The molecule has 0 spiro atoms. The number of amides is 2. The Labute approximate surface area is 127 Å². The maximum Gasteiger partial charge on any atom is 0.308 e. The number of hydrogen-bond donors (Lipinski definition) is 1. The number of aryl methyl sites for hydroxylation is 2. The zero-order valence-electron chi connectivity index (χ0n) is 12.3. The lowest BCUT2D eigenvalue weighted by Gasteiger charge is -2.34. The number of thiophene rings is 1. The zero-order valence-corrected chi connectivity index (χ0v) is 13.1. The van der Waals surface area contributed by atoms with E-state index < -0.39 is 12.0 Å². The largest absolute Gasteiger partial charge is 0.469 e. The van der Waals surface area contributed by atoms with Crippen LogP contribution in [0.2, 0.25) is 0 Å². The molecule has 1 fully saturated rings. The van der Waals surface area contributed by atoms with Gasteiger partial charge in [0.05, 0.1) is 19.1 Å². The van der Waals surface area contributed by atoms with Crippen molar-refractivity contribution < 1.29 is 19.1 Å². The molecular formula is C14H18N2O4S. The fourth-order valence-corrected chi connectivity index (χ4v) is 3.32. The maximum absolute atomic E-state index is 12.7. The number of carbonyl (C=O) groups is 3. The smallest absolute Gasteiger partial charge is 0.308 e. The van der Waals surface area contributed by atoms with E-state index in [0.717, 1.165) is 9.75 Å². The molecule has 0 bridgehead atoms. The van der Waals surface area contributed by atoms with Gasteiger partial charge in [-0.2, -0.15) is 0 Å². The van der Waals surface area contributed by atoms with E-state index in [2.05, 4.69) is 10.1 Å². The van der Waals surface area contributed by atoms with Gasteiger partial charge in [0.1, 0.15) is 6.04 Å². The molecule has 0 aliphatic carbocycles. The summed E-state index contributed by atoms with van der Waals surface area (Å²) in [5.74, 6) is -1.03. The Kier molecular flexibility index (Phi) is 4.62. The second kappa shape index (κ2) is 6.26. The highest BCUT2D eigenvalue weighted by Gasteiger charge is 2.36. The number of hydrogen-bond acceptors (Lipinski definition) is 5. The SMILES string of the molecule is COC(=O)C[C@H]1C(=O)NCCN1C(=O)c1cc(C)sc1C. The minimum atomic E-state index is -0.807. The molecule has 1 aliphatic rings. The van der Waals surface area contributed by atoms with Crippen molar-refractivity contribution in [3.05, 3.63) is 21.4 Å². The van der Waals surface area contributed by atoms with E-state index in [9.17, 15) is 14.4 Å². The summed E-state index contributed by atoms with van der Waals surface area (Å²) >= 11 is 1.54. The van der Waals surface area contributed by atoms with Crippen molar-refractivity contribution in [2.24, 2.45) is 0 Å². The number of piperazine rings is 1. The lowest BCUT2D eigenvalue weighted by atomic mass is 10.1. The first-order chi connectivity index (χ1) is 9.93. The second-order valence-corrected chi connectivity index (χ2v) is 6.37. The molecule has 1 saturated heterocycles. The van der Waals surface area contributed by atoms with Gasteiger partial charge >= 0.3 is 5.97 Å². The molecule has 1 N–H and O–H groups in total. The molecule has 1 aliphatic heterocycles. The van der Waals surface area contributed by atoms with Crippen LogP contribution in [0.1, 0.15) is 26.5 Å². The van der Waals surface area contributed by atoms with Crippen LogP contribution in [-0.2, 0) is 14.3 Å². The third-order valence-electron chi connectivity index (χ3n) is 3.45. The fraction of sp³-hybridized carbons (Fsp3) is 0.500. The Balaban J connectivity index is 2.25. The summed E-state index contributed by atoms with van der Waals surface area (Å²) in [6.07, 6.45) is -0.129. The zero-order chi connectivity index (χ0) is 15.6. The Morgan fingerprint density at radius 2 is 2.19 bits per heavy atom. The first-order valence-corrected chi connectivity index (χ1v) is 7.48. The van der Waals surface area contributed by atoms with E-state index in [1.165, 1.54) is 12.0 Å². The average molecular weight is 310 g/mol. The van der Waals surface area contributed by atoms with Gasteiger partial charge in [0.2, 0.25) is 5.91 Å². The summed E-state index contributed by atoms with van der Waals surface area (Å²) in [6, 6.07) is 1.02. The average Bonchev–Trinajstić information content (AvgIpc) is 2.79. The number of carbonyl (C=O) groups excluding carboxylic acids is 3. The molecule has 0 aromatic carbocycles. The molecule has 1 aromatic heterocycles. The lowest BCUT2D eigenvalue weighted by molar-refractivity contribution is -0.145. The number of nitrogens with one attached hydrogen (secondary N) is 1. The molecule has 6 nitrogen and oxygen atoms in total. The normalized spacial score (nSPS) is 18.3. The molecule has 2 heterocycles. The summed E-state index contributed by atoms with van der Waals surface area (Å²) in [4.78, 5) is 39.5. The molecule has 2 amide bonds. The summed E-state index contributed by atoms with van der Waals surface area (Å²) in [7, 11) is 1.27. The fourth-order valence-electron chi connectivity index (χ4n) is 2.40. The summed E-state index contributed by atoms with van der Waals surface area (Å²) in [6.45, 7) is 4.60. The monoisotopic (exact) mass is 310 g/mol. The molecule has 0 unspecified atom stereocenters. The first-order valence-electron chi connectivity index (χ1n) is 6.66. The van der Waals surface area contributed by atoms with Gasteiger partial charge in [-0.05, 0) is 19.9 Å². The number of esters is 1. The summed E-state index contributed by atoms with van der Waals surface area (Å²) in [5.41, 5.74) is 0.599. The van der Waals surface area contributed by atoms with Crippen molar-refractivity contribution in [2.45, 2.75) is 26.3 Å². The number of methoxy groups -OCH3 is 1. The van der Waals surface area contributed by atoms with Gasteiger partial charge in [-0.1, -0.05) is 0 Å². The van der Waals surface area contributed by atoms with Crippen LogP contribution < -0.4 is 5.32 Å². The van der Waals surface area contributed by atoms with Crippen LogP contribution in [0.5, 0.6) is 0 Å². The number of rotatable bonds is 3. The van der Waals surface area contributed by atoms with Gasteiger partial charge in [0.25, 0.3) is 5.91 Å². The third kappa shape index (κ3) is 3.24. The first kappa shape index (κ1) is 15.5. The van der Waals surface area contributed by atoms with E-state index in [0.29, 0.717) is 18.7 Å². The van der Waals surface area contributed by atoms with Crippen LogP contribution in [0.15, 0.2) is 6.07 Å². The molecule has 0 radical (unpaired) electrons. The van der Waals surface area contributed by atoms with E-state index in [1.54, 1.807) is 11.3 Å². The van der Waals surface area contributed by atoms with Crippen molar-refractivity contribution in [3.63, 3.8) is 0 Å². The summed E-state index contributed by atoms with van der Waals surface area (Å²) < 4.78 is 4.61. The Morgan fingerprint density at radius 1 is 1.48 bits per heavy atom. The standard InChI is InChI=1S/C14H18N2O4S/c1-8-6-10(9(2)21-8)14(19)16-5-4-15-13(18)11(16)7-12(17)20-3/h6,11H,4-5,7H2,1-3H3,(H,15,18)/t11-/m0/s1. The van der Waals surface area contributed by atoms with Gasteiger partial charge in [0, 0.05) is 22.8 Å². The Hall–Kier alpha value is -1.89. The van der Waals surface area contributed by atoms with Crippen LogP contribution in [0.25, 0.3) is 0 Å². The van der Waals surface area contributed by atoms with Gasteiger partial charge in [-0.3, -0.25) is 14.4 Å². The van der Waals surface area contributed by atoms with Crippen molar-refractivity contribution >= 4 is 29.1 Å². The quantitative estimate of drug-likeness (QED) is 0.841. The van der Waals surface area contributed by atoms with Gasteiger partial charge in [0.15, 0.2) is 0 Å². The van der Waals surface area contributed by atoms with Crippen LogP contribution in [-0.4, -0.2) is 48.9 Å². The van der Waals surface area contributed by atoms with Crippen LogP contribution >= 0.6 is 11.3 Å². The topological polar surface area (TPSA) is 75.7 Å². The van der Waals surface area contributed by atoms with Gasteiger partial charge in [-0.15, -0.1) is 11.3 Å². The van der Waals surface area contributed by atoms with Crippen molar-refractivity contribution in [3.8, 4) is 0 Å². The van der Waals surface area contributed by atoms with Gasteiger partial charge in [-0.25, -0.2) is 0 Å². The maximum atomic E-state index is 12.7. The predicted molar refractivity (Wildman–Crippen MR) is 78.3 cm³/mol. The van der Waals surface area contributed by atoms with E-state index in [1.807, 2.05) is 19.9 Å². The second-order valence-electron chi connectivity index (χ2n) is 4.91. The highest BCUT2D eigenvalue weighted by Crippen LogP contribution is 2.24. The minimum Gasteiger partial charge on any atom is -0.469 e. The molecule has 0 saturated carbocycles. The molecule has 7 heteroatoms. The Bertz CT molecular complexity index is 582. The van der Waals surface area contributed by atoms with Crippen molar-refractivity contribution in [1.29, 1.82) is 0 Å². The minimum absolute atomic E-state index is 0.129. The highest BCUT2D eigenvalue weighted by atomic mass is 32.1. The van der Waals surface area contributed by atoms with E-state index in [-0.39, 0.29) is 18.2 Å². The Morgan fingerprint density at radius 3 is 2.76 bits per heavy atom. The molecule has 1 aromatic rings. The van der Waals surface area contributed by atoms with Crippen LogP contribution in [0.3, 0.4) is 0 Å². The van der Waals surface area contributed by atoms with Gasteiger partial charge < -0.3 is 15.0 Å². The van der Waals surface area contributed by atoms with E-state index >= 15 is 0 Å². The van der Waals surface area contributed by atoms with Crippen molar-refractivity contribution in [2.75, 3.05) is 20.2 Å². The molecule has 114 valence electrons. The lowest BCUT2D eigenvalue weighted by Crippen LogP contribution is -2.57. The van der Waals surface area contributed by atoms with Crippen LogP contribution in [0, 0.1) is 13.8 Å². The van der Waals surface area contributed by atoms with Crippen molar-refractivity contribution in [1.82, 2.24) is 10.2 Å². The number of nitrogens with zero attached hydrogens (tertiary/aromatic N) is 1. The van der Waals surface area contributed by atoms with E-state index in [4.69, 9.17) is 0 Å². The van der Waals surface area contributed by atoms with Crippen LogP contribution in [0.4, 0.5) is 0 Å². The summed E-state index contributed by atoms with van der Waals surface area (Å²) in [5, 5.41) is 2.68. The molecular weight excluding hydrogens is 292 g/mol. The molecule has 2 rings (SSSR count). The predicted octanol–water partition coefficient (Wildman–Crippen LogP) is 0.869. The highest BCUT2D eigenvalue weighted by molar-refractivity contribution is 7.12.